The summed E-state index contributed by atoms with van der Waals surface area (Å²) in [5.74, 6) is 0.979. The number of ether oxygens (including phenoxy) is 1. The van der Waals surface area contributed by atoms with Crippen LogP contribution in [0.5, 0.6) is 5.75 Å². The SMILES string of the molecule is CC.CCCOc1cccc(C)c1. The highest BCUT2D eigenvalue weighted by Crippen LogP contribution is 2.11. The smallest absolute Gasteiger partial charge is 0.119 e. The van der Waals surface area contributed by atoms with E-state index in [9.17, 15) is 0 Å². The normalized spacial score (nSPS) is 8.62. The molecule has 0 aliphatic carbocycles. The first kappa shape index (κ1) is 12.0. The lowest BCUT2D eigenvalue weighted by Crippen LogP contribution is -1.94. The second-order valence-electron chi connectivity index (χ2n) is 2.66. The molecule has 0 amide bonds. The van der Waals surface area contributed by atoms with Crippen molar-refractivity contribution in [3.05, 3.63) is 29.8 Å². The average Bonchev–Trinajstić information content (AvgIpc) is 2.18. The maximum Gasteiger partial charge on any atom is 0.119 e. The minimum Gasteiger partial charge on any atom is -0.494 e. The molecule has 0 spiro atoms. The van der Waals surface area contributed by atoms with Gasteiger partial charge in [-0.1, -0.05) is 32.9 Å². The average molecular weight is 180 g/mol. The predicted molar refractivity (Wildman–Crippen MR) is 58.3 cm³/mol. The van der Waals surface area contributed by atoms with Crippen LogP contribution in [0.15, 0.2) is 24.3 Å². The third-order valence-corrected chi connectivity index (χ3v) is 1.46. The lowest BCUT2D eigenvalue weighted by molar-refractivity contribution is 0.317. The van der Waals surface area contributed by atoms with E-state index in [1.807, 2.05) is 26.0 Å². The molecule has 0 aromatic heterocycles. The first-order chi connectivity index (χ1) is 6.33. The van der Waals surface area contributed by atoms with Gasteiger partial charge >= 0.3 is 0 Å². The van der Waals surface area contributed by atoms with Crippen molar-refractivity contribution in [1.29, 1.82) is 0 Å². The largest absolute Gasteiger partial charge is 0.494 e. The van der Waals surface area contributed by atoms with Crippen molar-refractivity contribution in [2.75, 3.05) is 6.61 Å². The van der Waals surface area contributed by atoms with Crippen molar-refractivity contribution < 1.29 is 4.74 Å². The Morgan fingerprint density at radius 2 is 1.92 bits per heavy atom. The van der Waals surface area contributed by atoms with Gasteiger partial charge in [0.05, 0.1) is 6.61 Å². The van der Waals surface area contributed by atoms with E-state index in [0.29, 0.717) is 0 Å². The minimum atomic E-state index is 0.809. The first-order valence-electron chi connectivity index (χ1n) is 5.02. The molecule has 1 aromatic rings. The van der Waals surface area contributed by atoms with Crippen LogP contribution in [0, 0.1) is 6.92 Å². The molecule has 0 bridgehead atoms. The molecule has 0 fully saturated rings. The molecule has 0 atom stereocenters. The fraction of sp³-hybridized carbons (Fsp3) is 0.500. The van der Waals surface area contributed by atoms with E-state index in [1.54, 1.807) is 0 Å². The molecule has 0 saturated carbocycles. The number of rotatable bonds is 3. The van der Waals surface area contributed by atoms with E-state index in [0.717, 1.165) is 18.8 Å². The summed E-state index contributed by atoms with van der Waals surface area (Å²) in [6, 6.07) is 8.12. The fourth-order valence-corrected chi connectivity index (χ4v) is 0.925. The van der Waals surface area contributed by atoms with Crippen molar-refractivity contribution in [3.63, 3.8) is 0 Å². The van der Waals surface area contributed by atoms with Gasteiger partial charge in [0.2, 0.25) is 0 Å². The van der Waals surface area contributed by atoms with E-state index in [2.05, 4.69) is 26.0 Å². The van der Waals surface area contributed by atoms with Gasteiger partial charge in [-0.25, -0.2) is 0 Å². The quantitative estimate of drug-likeness (QED) is 0.687. The van der Waals surface area contributed by atoms with E-state index < -0.39 is 0 Å². The van der Waals surface area contributed by atoms with Gasteiger partial charge in [-0.05, 0) is 31.0 Å². The van der Waals surface area contributed by atoms with Gasteiger partial charge in [0.15, 0.2) is 0 Å². The molecular weight excluding hydrogens is 160 g/mol. The van der Waals surface area contributed by atoms with Crippen molar-refractivity contribution in [3.8, 4) is 5.75 Å². The van der Waals surface area contributed by atoms with E-state index >= 15 is 0 Å². The van der Waals surface area contributed by atoms with Crippen LogP contribution in [0.1, 0.15) is 32.8 Å². The number of aryl methyl sites for hydroxylation is 1. The zero-order valence-electron chi connectivity index (χ0n) is 9.13. The van der Waals surface area contributed by atoms with Crippen molar-refractivity contribution in [2.45, 2.75) is 34.1 Å². The third-order valence-electron chi connectivity index (χ3n) is 1.46. The zero-order valence-corrected chi connectivity index (χ0v) is 9.13. The Morgan fingerprint density at radius 1 is 1.23 bits per heavy atom. The van der Waals surface area contributed by atoms with Crippen LogP contribution in [-0.2, 0) is 0 Å². The van der Waals surface area contributed by atoms with Crippen LogP contribution in [0.4, 0.5) is 0 Å². The Kier molecular flexibility index (Phi) is 7.08. The number of benzene rings is 1. The first-order valence-corrected chi connectivity index (χ1v) is 5.02. The maximum absolute atomic E-state index is 5.44. The molecular formula is C12H20O. The molecule has 0 heterocycles. The second kappa shape index (κ2) is 7.66. The molecule has 74 valence electrons. The highest BCUT2D eigenvalue weighted by atomic mass is 16.5. The van der Waals surface area contributed by atoms with Crippen LogP contribution in [0.3, 0.4) is 0 Å². The summed E-state index contributed by atoms with van der Waals surface area (Å²) in [4.78, 5) is 0. The summed E-state index contributed by atoms with van der Waals surface area (Å²) in [6.07, 6.45) is 1.06. The van der Waals surface area contributed by atoms with Crippen molar-refractivity contribution in [2.24, 2.45) is 0 Å². The lowest BCUT2D eigenvalue weighted by Gasteiger charge is -2.03. The van der Waals surface area contributed by atoms with Gasteiger partial charge in [0, 0.05) is 0 Å². The highest BCUT2D eigenvalue weighted by Gasteiger charge is 1.90. The number of hydrogen-bond donors (Lipinski definition) is 0. The topological polar surface area (TPSA) is 9.23 Å². The van der Waals surface area contributed by atoms with Crippen LogP contribution in [-0.4, -0.2) is 6.61 Å². The van der Waals surface area contributed by atoms with Crippen molar-refractivity contribution >= 4 is 0 Å². The maximum atomic E-state index is 5.44. The predicted octanol–water partition coefficient (Wildman–Crippen LogP) is 3.81. The Hall–Kier alpha value is -0.980. The van der Waals surface area contributed by atoms with Gasteiger partial charge in [-0.2, -0.15) is 0 Å². The Bertz CT molecular complexity index is 218. The number of hydrogen-bond acceptors (Lipinski definition) is 1. The summed E-state index contributed by atoms with van der Waals surface area (Å²) in [7, 11) is 0. The molecule has 0 saturated heterocycles. The Morgan fingerprint density at radius 3 is 2.46 bits per heavy atom. The molecule has 13 heavy (non-hydrogen) atoms. The van der Waals surface area contributed by atoms with Crippen molar-refractivity contribution in [1.82, 2.24) is 0 Å². The van der Waals surface area contributed by atoms with Gasteiger partial charge < -0.3 is 4.74 Å². The molecule has 1 nitrogen and oxygen atoms in total. The molecule has 1 rings (SSSR count). The molecule has 0 radical (unpaired) electrons. The minimum absolute atomic E-state index is 0.809. The standard InChI is InChI=1S/C10H14O.C2H6/c1-3-7-11-10-6-4-5-9(2)8-10;1-2/h4-6,8H,3,7H2,1-2H3;1-2H3. The van der Waals surface area contributed by atoms with Crippen LogP contribution < -0.4 is 4.74 Å². The van der Waals surface area contributed by atoms with Gasteiger partial charge in [0.1, 0.15) is 5.75 Å². The Balaban J connectivity index is 0.000000671. The molecule has 0 unspecified atom stereocenters. The monoisotopic (exact) mass is 180 g/mol. The second-order valence-corrected chi connectivity index (χ2v) is 2.66. The van der Waals surface area contributed by atoms with Crippen LogP contribution in [0.25, 0.3) is 0 Å². The fourth-order valence-electron chi connectivity index (χ4n) is 0.925. The van der Waals surface area contributed by atoms with E-state index in [-0.39, 0.29) is 0 Å². The van der Waals surface area contributed by atoms with Crippen LogP contribution >= 0.6 is 0 Å². The van der Waals surface area contributed by atoms with Gasteiger partial charge in [-0.15, -0.1) is 0 Å². The molecule has 0 N–H and O–H groups in total. The summed E-state index contributed by atoms with van der Waals surface area (Å²) < 4.78 is 5.44. The van der Waals surface area contributed by atoms with E-state index in [4.69, 9.17) is 4.74 Å². The van der Waals surface area contributed by atoms with Gasteiger partial charge in [0.25, 0.3) is 0 Å². The summed E-state index contributed by atoms with van der Waals surface area (Å²) in [5, 5.41) is 0. The van der Waals surface area contributed by atoms with Gasteiger partial charge in [-0.3, -0.25) is 0 Å². The lowest BCUT2D eigenvalue weighted by atomic mass is 10.2. The Labute approximate surface area is 81.7 Å². The summed E-state index contributed by atoms with van der Waals surface area (Å²) in [5.41, 5.74) is 1.25. The highest BCUT2D eigenvalue weighted by molar-refractivity contribution is 5.27. The molecule has 1 aromatic carbocycles. The molecule has 0 aliphatic rings. The summed E-state index contributed by atoms with van der Waals surface area (Å²) in [6.45, 7) is 8.98. The molecule has 1 heteroatoms. The van der Waals surface area contributed by atoms with Crippen LogP contribution in [0.2, 0.25) is 0 Å². The summed E-state index contributed by atoms with van der Waals surface area (Å²) >= 11 is 0. The van der Waals surface area contributed by atoms with E-state index in [1.165, 1.54) is 5.56 Å². The third kappa shape index (κ3) is 5.29. The zero-order chi connectivity index (χ0) is 10.1. The molecule has 0 aliphatic heterocycles.